The number of hydrogen-bond donors (Lipinski definition) is 0. The minimum atomic E-state index is -4.72. The Balaban J connectivity index is 2.04. The van der Waals surface area contributed by atoms with E-state index in [-0.39, 0.29) is 21.3 Å². The molecule has 0 bridgehead atoms. The van der Waals surface area contributed by atoms with E-state index in [1.54, 1.807) is 25.1 Å². The van der Waals surface area contributed by atoms with E-state index in [4.69, 9.17) is 39.6 Å². The largest absolute Gasteiger partial charge is 0.435 e. The van der Waals surface area contributed by atoms with Gasteiger partial charge in [0.2, 0.25) is 0 Å². The van der Waals surface area contributed by atoms with Gasteiger partial charge in [-0.05, 0) is 36.8 Å². The third kappa shape index (κ3) is 3.33. The summed E-state index contributed by atoms with van der Waals surface area (Å²) in [6.45, 7) is 1.80. The van der Waals surface area contributed by atoms with Crippen LogP contribution in [-0.4, -0.2) is 11.9 Å². The smallest absolute Gasteiger partial charge is 0.374 e. The van der Waals surface area contributed by atoms with Crippen molar-refractivity contribution in [3.8, 4) is 0 Å². The van der Waals surface area contributed by atoms with E-state index in [1.165, 1.54) is 18.2 Å². The predicted molar refractivity (Wildman–Crippen MR) is 92.6 cm³/mol. The van der Waals surface area contributed by atoms with Gasteiger partial charge in [0.1, 0.15) is 0 Å². The molecule has 1 aliphatic rings. The lowest BCUT2D eigenvalue weighted by Crippen LogP contribution is -2.42. The number of oxime groups is 1. The second-order valence-corrected chi connectivity index (χ2v) is 7.03. The summed E-state index contributed by atoms with van der Waals surface area (Å²) in [5.41, 5.74) is -1.41. The Morgan fingerprint density at radius 1 is 1.04 bits per heavy atom. The van der Waals surface area contributed by atoms with E-state index < -0.39 is 18.2 Å². The average molecular weight is 409 g/mol. The van der Waals surface area contributed by atoms with E-state index in [9.17, 15) is 13.2 Å². The van der Waals surface area contributed by atoms with Gasteiger partial charge in [0.15, 0.2) is 0 Å². The summed E-state index contributed by atoms with van der Waals surface area (Å²) in [5.74, 6) is 0. The molecule has 0 saturated heterocycles. The highest BCUT2D eigenvalue weighted by molar-refractivity contribution is 6.34. The standard InChI is InChI=1S/C17H11Cl3F3NO/c1-9-2-3-10(4-14(9)20)15-8-16(25-24-15,17(21,22)23)11-5-12(18)7-13(19)6-11/h2-7H,8H2,1H3. The zero-order valence-corrected chi connectivity index (χ0v) is 15.1. The van der Waals surface area contributed by atoms with Crippen molar-refractivity contribution in [2.75, 3.05) is 0 Å². The van der Waals surface area contributed by atoms with Crippen LogP contribution in [0.3, 0.4) is 0 Å². The lowest BCUT2D eigenvalue weighted by Gasteiger charge is -2.29. The Morgan fingerprint density at radius 2 is 1.68 bits per heavy atom. The van der Waals surface area contributed by atoms with Crippen LogP contribution in [0.25, 0.3) is 0 Å². The van der Waals surface area contributed by atoms with Gasteiger partial charge in [0.25, 0.3) is 5.60 Å². The molecule has 25 heavy (non-hydrogen) atoms. The minimum Gasteiger partial charge on any atom is -0.374 e. The highest BCUT2D eigenvalue weighted by atomic mass is 35.5. The van der Waals surface area contributed by atoms with Crippen LogP contribution in [0.1, 0.15) is 23.1 Å². The molecule has 3 rings (SSSR count). The molecule has 0 saturated carbocycles. The van der Waals surface area contributed by atoms with Crippen molar-refractivity contribution in [1.29, 1.82) is 0 Å². The Kier molecular flexibility index (Phi) is 4.69. The van der Waals surface area contributed by atoms with Crippen molar-refractivity contribution in [1.82, 2.24) is 0 Å². The molecular formula is C17H11Cl3F3NO. The molecule has 0 radical (unpaired) electrons. The first-order valence-electron chi connectivity index (χ1n) is 7.17. The zero-order chi connectivity index (χ0) is 18.4. The molecule has 1 heterocycles. The zero-order valence-electron chi connectivity index (χ0n) is 12.8. The first-order valence-corrected chi connectivity index (χ1v) is 8.31. The number of aryl methyl sites for hydroxylation is 1. The lowest BCUT2D eigenvalue weighted by molar-refractivity contribution is -0.275. The van der Waals surface area contributed by atoms with Crippen molar-refractivity contribution in [3.05, 3.63) is 68.2 Å². The van der Waals surface area contributed by atoms with Crippen molar-refractivity contribution in [2.45, 2.75) is 25.1 Å². The first kappa shape index (κ1) is 18.4. The van der Waals surface area contributed by atoms with Crippen LogP contribution in [0.4, 0.5) is 13.2 Å². The maximum atomic E-state index is 13.9. The summed E-state index contributed by atoms with van der Waals surface area (Å²) in [7, 11) is 0. The van der Waals surface area contributed by atoms with Crippen molar-refractivity contribution < 1.29 is 18.0 Å². The second-order valence-electron chi connectivity index (χ2n) is 5.75. The summed E-state index contributed by atoms with van der Waals surface area (Å²) >= 11 is 17.8. The van der Waals surface area contributed by atoms with Gasteiger partial charge in [0, 0.05) is 32.6 Å². The number of rotatable bonds is 2. The molecule has 8 heteroatoms. The van der Waals surface area contributed by atoms with E-state index in [0.717, 1.165) is 5.56 Å². The van der Waals surface area contributed by atoms with Crippen molar-refractivity contribution in [3.63, 3.8) is 0 Å². The van der Waals surface area contributed by atoms with Crippen LogP contribution in [0.5, 0.6) is 0 Å². The van der Waals surface area contributed by atoms with Crippen LogP contribution in [0.2, 0.25) is 15.1 Å². The molecule has 2 aromatic rings. The fourth-order valence-corrected chi connectivity index (χ4v) is 3.32. The van der Waals surface area contributed by atoms with Crippen LogP contribution in [-0.2, 0) is 10.4 Å². The minimum absolute atomic E-state index is 0.0848. The summed E-state index contributed by atoms with van der Waals surface area (Å²) in [5, 5.41) is 4.29. The molecule has 0 aliphatic carbocycles. The maximum Gasteiger partial charge on any atom is 0.435 e. The van der Waals surface area contributed by atoms with Crippen LogP contribution >= 0.6 is 34.8 Å². The second kappa shape index (κ2) is 6.38. The molecule has 1 aliphatic heterocycles. The van der Waals surface area contributed by atoms with Crippen LogP contribution in [0.15, 0.2) is 41.6 Å². The molecule has 1 unspecified atom stereocenters. The lowest BCUT2D eigenvalue weighted by atomic mass is 9.86. The molecule has 0 N–H and O–H groups in total. The predicted octanol–water partition coefficient (Wildman–Crippen LogP) is 6.54. The van der Waals surface area contributed by atoms with Gasteiger partial charge in [-0.2, -0.15) is 13.2 Å². The van der Waals surface area contributed by atoms with Gasteiger partial charge < -0.3 is 4.84 Å². The molecule has 132 valence electrons. The average Bonchev–Trinajstić information content (AvgIpc) is 2.95. The highest BCUT2D eigenvalue weighted by Crippen LogP contribution is 2.49. The van der Waals surface area contributed by atoms with Crippen molar-refractivity contribution in [2.24, 2.45) is 5.16 Å². The topological polar surface area (TPSA) is 21.6 Å². The molecule has 0 fully saturated rings. The molecule has 2 nitrogen and oxygen atoms in total. The number of nitrogens with zero attached hydrogens (tertiary/aromatic N) is 1. The van der Waals surface area contributed by atoms with Gasteiger partial charge in [-0.3, -0.25) is 0 Å². The number of alkyl halides is 3. The van der Waals surface area contributed by atoms with Crippen LogP contribution in [0, 0.1) is 6.92 Å². The van der Waals surface area contributed by atoms with Gasteiger partial charge in [-0.15, -0.1) is 0 Å². The van der Waals surface area contributed by atoms with E-state index in [0.29, 0.717) is 10.6 Å². The Hall–Kier alpha value is -1.43. The summed E-state index contributed by atoms with van der Waals surface area (Å²) in [6.07, 6.45) is -5.23. The quantitative estimate of drug-likeness (QED) is 0.553. The third-order valence-corrected chi connectivity index (χ3v) is 4.86. The maximum absolute atomic E-state index is 13.9. The summed E-state index contributed by atoms with van der Waals surface area (Å²) < 4.78 is 41.7. The van der Waals surface area contributed by atoms with Gasteiger partial charge >= 0.3 is 6.18 Å². The van der Waals surface area contributed by atoms with Crippen LogP contribution < -0.4 is 0 Å². The van der Waals surface area contributed by atoms with Crippen molar-refractivity contribution >= 4 is 40.5 Å². The molecule has 0 aromatic heterocycles. The Morgan fingerprint density at radius 3 is 2.24 bits per heavy atom. The monoisotopic (exact) mass is 407 g/mol. The van der Waals surface area contributed by atoms with Gasteiger partial charge in [-0.1, -0.05) is 52.1 Å². The molecule has 1 atom stereocenters. The molecule has 0 spiro atoms. The normalized spacial score (nSPS) is 20.4. The van der Waals surface area contributed by atoms with E-state index in [1.807, 2.05) is 0 Å². The van der Waals surface area contributed by atoms with Gasteiger partial charge in [0.05, 0.1) is 5.71 Å². The third-order valence-electron chi connectivity index (χ3n) is 4.02. The van der Waals surface area contributed by atoms with Gasteiger partial charge in [-0.25, -0.2) is 0 Å². The fourth-order valence-electron chi connectivity index (χ4n) is 2.62. The number of benzene rings is 2. The SMILES string of the molecule is Cc1ccc(C2=NOC(c3cc(Cl)cc(Cl)c3)(C(F)(F)F)C2)cc1Cl. The Labute approximate surface area is 157 Å². The molecular weight excluding hydrogens is 398 g/mol. The van der Waals surface area contributed by atoms with E-state index >= 15 is 0 Å². The summed E-state index contributed by atoms with van der Waals surface area (Å²) in [6, 6.07) is 8.65. The molecule has 0 amide bonds. The van der Waals surface area contributed by atoms with E-state index in [2.05, 4.69) is 5.16 Å². The number of hydrogen-bond acceptors (Lipinski definition) is 2. The highest BCUT2D eigenvalue weighted by Gasteiger charge is 2.62. The first-order chi connectivity index (χ1) is 11.6. The summed E-state index contributed by atoms with van der Waals surface area (Å²) in [4.78, 5) is 4.94. The Bertz CT molecular complexity index is 846. The fraction of sp³-hybridized carbons (Fsp3) is 0.235. The molecule has 2 aromatic carbocycles. The number of halogens is 6.